The number of carbonyl (C=O) groups is 1. The standard InChI is InChI=1S/C13H26N4O2/c1-10(9-19-2)16-13(14)15-8-7-12(18)17-11-5-3-4-6-11/h10-11H,3-9H2,1-2H3,(H,17,18)(H3,14,15,16). The fourth-order valence-corrected chi connectivity index (χ4v) is 2.24. The number of rotatable bonds is 7. The van der Waals surface area contributed by atoms with Gasteiger partial charge in [-0.2, -0.15) is 0 Å². The van der Waals surface area contributed by atoms with Crippen LogP contribution in [0, 0.1) is 0 Å². The third-order valence-corrected chi connectivity index (χ3v) is 3.15. The van der Waals surface area contributed by atoms with E-state index in [2.05, 4.69) is 15.6 Å². The maximum absolute atomic E-state index is 11.6. The number of nitrogens with two attached hydrogens (primary N) is 1. The van der Waals surface area contributed by atoms with Gasteiger partial charge in [-0.1, -0.05) is 12.8 Å². The van der Waals surface area contributed by atoms with E-state index in [9.17, 15) is 4.79 Å². The van der Waals surface area contributed by atoms with Crippen molar-refractivity contribution in [1.29, 1.82) is 0 Å². The van der Waals surface area contributed by atoms with E-state index < -0.39 is 0 Å². The minimum absolute atomic E-state index is 0.0633. The third kappa shape index (κ3) is 7.00. The van der Waals surface area contributed by atoms with E-state index in [-0.39, 0.29) is 11.9 Å². The van der Waals surface area contributed by atoms with Crippen LogP contribution in [0.25, 0.3) is 0 Å². The lowest BCUT2D eigenvalue weighted by atomic mass is 10.2. The number of carbonyl (C=O) groups excluding carboxylic acids is 1. The molecule has 1 rings (SSSR count). The highest BCUT2D eigenvalue weighted by molar-refractivity contribution is 5.79. The molecule has 6 nitrogen and oxygen atoms in total. The van der Waals surface area contributed by atoms with Gasteiger partial charge in [0.2, 0.25) is 5.91 Å². The number of hydrogen-bond acceptors (Lipinski definition) is 3. The highest BCUT2D eigenvalue weighted by atomic mass is 16.5. The average molecular weight is 270 g/mol. The summed E-state index contributed by atoms with van der Waals surface area (Å²) in [7, 11) is 1.64. The van der Waals surface area contributed by atoms with Gasteiger partial charge in [-0.25, -0.2) is 0 Å². The number of amides is 1. The van der Waals surface area contributed by atoms with Gasteiger partial charge >= 0.3 is 0 Å². The summed E-state index contributed by atoms with van der Waals surface area (Å²) in [6, 6.07) is 0.481. The third-order valence-electron chi connectivity index (χ3n) is 3.15. The lowest BCUT2D eigenvalue weighted by Crippen LogP contribution is -2.41. The molecule has 0 saturated heterocycles. The molecular weight excluding hydrogens is 244 g/mol. The number of aliphatic imine (C=N–C) groups is 1. The summed E-state index contributed by atoms with van der Waals surface area (Å²) in [6.07, 6.45) is 5.03. The highest BCUT2D eigenvalue weighted by Crippen LogP contribution is 2.17. The largest absolute Gasteiger partial charge is 0.383 e. The van der Waals surface area contributed by atoms with Crippen LogP contribution in [0.4, 0.5) is 0 Å². The average Bonchev–Trinajstić information content (AvgIpc) is 2.81. The Labute approximate surface area is 115 Å². The smallest absolute Gasteiger partial charge is 0.222 e. The van der Waals surface area contributed by atoms with Crippen molar-refractivity contribution in [3.05, 3.63) is 0 Å². The summed E-state index contributed by atoms with van der Waals surface area (Å²) in [5.74, 6) is 0.423. The van der Waals surface area contributed by atoms with E-state index in [1.807, 2.05) is 6.92 Å². The summed E-state index contributed by atoms with van der Waals surface area (Å²) >= 11 is 0. The number of guanidine groups is 1. The Hall–Kier alpha value is -1.30. The van der Waals surface area contributed by atoms with Gasteiger partial charge in [-0.3, -0.25) is 9.79 Å². The van der Waals surface area contributed by atoms with Crippen molar-refractivity contribution >= 4 is 11.9 Å². The zero-order valence-electron chi connectivity index (χ0n) is 11.9. The highest BCUT2D eigenvalue weighted by Gasteiger charge is 2.16. The normalized spacial score (nSPS) is 18.3. The zero-order valence-corrected chi connectivity index (χ0v) is 11.9. The van der Waals surface area contributed by atoms with Crippen LogP contribution in [0.5, 0.6) is 0 Å². The Kier molecular flexibility index (Phi) is 7.25. The van der Waals surface area contributed by atoms with Crippen LogP contribution in [0.2, 0.25) is 0 Å². The van der Waals surface area contributed by atoms with Gasteiger partial charge in [-0.15, -0.1) is 0 Å². The van der Waals surface area contributed by atoms with Crippen LogP contribution >= 0.6 is 0 Å². The van der Waals surface area contributed by atoms with Gasteiger partial charge in [-0.05, 0) is 19.8 Å². The van der Waals surface area contributed by atoms with Crippen molar-refractivity contribution in [2.24, 2.45) is 10.7 Å². The summed E-state index contributed by atoms with van der Waals surface area (Å²) in [5, 5.41) is 6.02. The van der Waals surface area contributed by atoms with Gasteiger partial charge < -0.3 is 21.1 Å². The summed E-state index contributed by atoms with van der Waals surface area (Å²) in [6.45, 7) is 2.94. The molecule has 0 heterocycles. The number of methoxy groups -OCH3 is 1. The fourth-order valence-electron chi connectivity index (χ4n) is 2.24. The minimum Gasteiger partial charge on any atom is -0.383 e. The number of nitrogens with zero attached hydrogens (tertiary/aromatic N) is 1. The van der Waals surface area contributed by atoms with Crippen LogP contribution in [-0.2, 0) is 9.53 Å². The van der Waals surface area contributed by atoms with Gasteiger partial charge in [0.15, 0.2) is 5.96 Å². The number of hydrogen-bond donors (Lipinski definition) is 3. The van der Waals surface area contributed by atoms with Crippen molar-refractivity contribution in [3.63, 3.8) is 0 Å². The fraction of sp³-hybridized carbons (Fsp3) is 0.846. The number of nitrogens with one attached hydrogen (secondary N) is 2. The first-order chi connectivity index (χ1) is 9.11. The molecule has 19 heavy (non-hydrogen) atoms. The van der Waals surface area contributed by atoms with Crippen LogP contribution in [0.15, 0.2) is 4.99 Å². The van der Waals surface area contributed by atoms with Gasteiger partial charge in [0.05, 0.1) is 13.2 Å². The molecular formula is C13H26N4O2. The molecule has 1 aliphatic rings. The Morgan fingerprint density at radius 3 is 2.79 bits per heavy atom. The summed E-state index contributed by atoms with van der Waals surface area (Å²) in [5.41, 5.74) is 5.71. The molecule has 1 amide bonds. The van der Waals surface area contributed by atoms with Crippen molar-refractivity contribution in [2.45, 2.75) is 51.1 Å². The molecule has 0 aliphatic heterocycles. The molecule has 4 N–H and O–H groups in total. The first-order valence-corrected chi connectivity index (χ1v) is 6.96. The second-order valence-electron chi connectivity index (χ2n) is 5.07. The molecule has 0 aromatic rings. The molecule has 0 spiro atoms. The van der Waals surface area contributed by atoms with Crippen molar-refractivity contribution in [2.75, 3.05) is 20.3 Å². The summed E-state index contributed by atoms with van der Waals surface area (Å²) in [4.78, 5) is 15.8. The van der Waals surface area contributed by atoms with E-state index in [4.69, 9.17) is 10.5 Å². The lowest BCUT2D eigenvalue weighted by molar-refractivity contribution is -0.121. The Morgan fingerprint density at radius 1 is 1.47 bits per heavy atom. The predicted molar refractivity (Wildman–Crippen MR) is 76.0 cm³/mol. The molecule has 0 aromatic heterocycles. The second kappa shape index (κ2) is 8.74. The van der Waals surface area contributed by atoms with E-state index >= 15 is 0 Å². The molecule has 0 aromatic carbocycles. The van der Waals surface area contributed by atoms with Gasteiger partial charge in [0, 0.05) is 25.6 Å². The Bertz CT molecular complexity index is 301. The predicted octanol–water partition coefficient (Wildman–Crippen LogP) is 0.375. The molecule has 0 radical (unpaired) electrons. The maximum Gasteiger partial charge on any atom is 0.222 e. The Balaban J connectivity index is 2.14. The van der Waals surface area contributed by atoms with Crippen molar-refractivity contribution < 1.29 is 9.53 Å². The molecule has 1 fully saturated rings. The monoisotopic (exact) mass is 270 g/mol. The van der Waals surface area contributed by atoms with Crippen LogP contribution in [0.1, 0.15) is 39.0 Å². The van der Waals surface area contributed by atoms with Gasteiger partial charge in [0.1, 0.15) is 0 Å². The van der Waals surface area contributed by atoms with Crippen LogP contribution in [-0.4, -0.2) is 44.2 Å². The quantitative estimate of drug-likeness (QED) is 0.461. The molecule has 1 aliphatic carbocycles. The molecule has 110 valence electrons. The second-order valence-corrected chi connectivity index (χ2v) is 5.07. The van der Waals surface area contributed by atoms with E-state index in [1.165, 1.54) is 12.8 Å². The van der Waals surface area contributed by atoms with E-state index in [0.717, 1.165) is 12.8 Å². The molecule has 1 unspecified atom stereocenters. The molecule has 6 heteroatoms. The first-order valence-electron chi connectivity index (χ1n) is 6.96. The minimum atomic E-state index is 0.0633. The molecule has 1 atom stereocenters. The Morgan fingerprint density at radius 2 is 2.16 bits per heavy atom. The SMILES string of the molecule is COCC(C)NC(N)=NCCC(=O)NC1CCCC1. The van der Waals surface area contributed by atoms with Crippen molar-refractivity contribution in [3.8, 4) is 0 Å². The maximum atomic E-state index is 11.6. The number of ether oxygens (including phenoxy) is 1. The van der Waals surface area contributed by atoms with Crippen LogP contribution < -0.4 is 16.4 Å². The van der Waals surface area contributed by atoms with Crippen molar-refractivity contribution in [1.82, 2.24) is 10.6 Å². The topological polar surface area (TPSA) is 88.7 Å². The summed E-state index contributed by atoms with van der Waals surface area (Å²) < 4.78 is 4.98. The van der Waals surface area contributed by atoms with E-state index in [0.29, 0.717) is 31.6 Å². The first kappa shape index (κ1) is 15.8. The van der Waals surface area contributed by atoms with Gasteiger partial charge in [0.25, 0.3) is 0 Å². The van der Waals surface area contributed by atoms with E-state index in [1.54, 1.807) is 7.11 Å². The molecule has 1 saturated carbocycles. The molecule has 0 bridgehead atoms. The lowest BCUT2D eigenvalue weighted by Gasteiger charge is -2.13. The van der Waals surface area contributed by atoms with Crippen LogP contribution in [0.3, 0.4) is 0 Å². The zero-order chi connectivity index (χ0) is 14.1.